The fraction of sp³-hybridized carbons (Fsp3) is 0.158. The number of rotatable bonds is 7. The molecule has 0 bridgehead atoms. The third-order valence-electron chi connectivity index (χ3n) is 3.95. The summed E-state index contributed by atoms with van der Waals surface area (Å²) in [6, 6.07) is 14.9. The molecule has 0 saturated carbocycles. The highest BCUT2D eigenvalue weighted by molar-refractivity contribution is 6.32. The van der Waals surface area contributed by atoms with Gasteiger partial charge in [-0.3, -0.25) is 4.79 Å². The van der Waals surface area contributed by atoms with Gasteiger partial charge in [-0.05, 0) is 34.2 Å². The molecular weight excluding hydrogens is 396 g/mol. The average molecular weight is 411 g/mol. The molecule has 10 heteroatoms. The van der Waals surface area contributed by atoms with Gasteiger partial charge in [0.25, 0.3) is 5.91 Å². The smallest absolute Gasteiger partial charge is 0.331 e. The zero-order chi connectivity index (χ0) is 20.6. The van der Waals surface area contributed by atoms with Gasteiger partial charge in [0.05, 0.1) is 10.6 Å². The van der Waals surface area contributed by atoms with Crippen molar-refractivity contribution >= 4 is 29.2 Å². The molecule has 0 radical (unpaired) electrons. The highest BCUT2D eigenvalue weighted by Crippen LogP contribution is 2.20. The van der Waals surface area contributed by atoms with Crippen LogP contribution in [-0.4, -0.2) is 38.7 Å². The minimum absolute atomic E-state index is 0.212. The van der Waals surface area contributed by atoms with Gasteiger partial charge in [-0.2, -0.15) is 5.26 Å². The largest absolute Gasteiger partial charge is 0.454 e. The molecule has 2 aromatic carbocycles. The lowest BCUT2D eigenvalue weighted by Gasteiger charge is -2.15. The van der Waals surface area contributed by atoms with Crippen LogP contribution in [0.5, 0.6) is 0 Å². The average Bonchev–Trinajstić information content (AvgIpc) is 3.26. The Morgan fingerprint density at radius 1 is 1.24 bits per heavy atom. The number of amides is 1. The fourth-order valence-electron chi connectivity index (χ4n) is 2.55. The number of nitrogens with one attached hydrogen (secondary N) is 1. The van der Waals surface area contributed by atoms with Crippen molar-refractivity contribution in [3.63, 3.8) is 0 Å². The Balaban J connectivity index is 1.61. The maximum atomic E-state index is 12.6. The van der Waals surface area contributed by atoms with E-state index in [9.17, 15) is 9.59 Å². The molecule has 0 spiro atoms. The number of hydrogen-bond acceptors (Lipinski definition) is 7. The van der Waals surface area contributed by atoms with Gasteiger partial charge in [0.1, 0.15) is 12.4 Å². The Hall–Kier alpha value is -3.77. The van der Waals surface area contributed by atoms with E-state index < -0.39 is 24.5 Å². The van der Waals surface area contributed by atoms with Crippen LogP contribution in [0.15, 0.2) is 54.9 Å². The quantitative estimate of drug-likeness (QED) is 0.592. The number of anilines is 1. The van der Waals surface area contributed by atoms with Crippen LogP contribution in [0.4, 0.5) is 5.69 Å². The normalized spacial score (nSPS) is 11.3. The number of tetrazole rings is 1. The van der Waals surface area contributed by atoms with Crippen LogP contribution in [-0.2, 0) is 20.7 Å². The summed E-state index contributed by atoms with van der Waals surface area (Å²) in [6.45, 7) is -0.496. The summed E-state index contributed by atoms with van der Waals surface area (Å²) in [4.78, 5) is 24.7. The Morgan fingerprint density at radius 2 is 2.03 bits per heavy atom. The van der Waals surface area contributed by atoms with Crippen molar-refractivity contribution in [1.82, 2.24) is 20.2 Å². The molecule has 0 unspecified atom stereocenters. The van der Waals surface area contributed by atoms with E-state index in [1.165, 1.54) is 29.2 Å². The van der Waals surface area contributed by atoms with E-state index >= 15 is 0 Å². The second kappa shape index (κ2) is 9.43. The molecule has 0 aliphatic rings. The summed E-state index contributed by atoms with van der Waals surface area (Å²) < 4.78 is 6.44. The lowest BCUT2D eigenvalue weighted by molar-refractivity contribution is -0.151. The van der Waals surface area contributed by atoms with Crippen LogP contribution >= 0.6 is 11.6 Å². The van der Waals surface area contributed by atoms with Gasteiger partial charge in [0.15, 0.2) is 12.6 Å². The summed E-state index contributed by atoms with van der Waals surface area (Å²) in [5.41, 5.74) is 1.57. The van der Waals surface area contributed by atoms with Crippen LogP contribution < -0.4 is 5.32 Å². The number of nitrogens with zero attached hydrogens (tertiary/aromatic N) is 5. The first-order valence-electron chi connectivity index (χ1n) is 8.49. The van der Waals surface area contributed by atoms with E-state index in [0.29, 0.717) is 17.7 Å². The van der Waals surface area contributed by atoms with Crippen LogP contribution in [0.2, 0.25) is 5.02 Å². The Morgan fingerprint density at radius 3 is 2.69 bits per heavy atom. The summed E-state index contributed by atoms with van der Waals surface area (Å²) in [5.74, 6) is -1.19. The van der Waals surface area contributed by atoms with Crippen molar-refractivity contribution in [2.24, 2.45) is 0 Å². The van der Waals surface area contributed by atoms with Crippen molar-refractivity contribution in [2.75, 3.05) is 11.9 Å². The molecule has 9 nitrogen and oxygen atoms in total. The highest BCUT2D eigenvalue weighted by Gasteiger charge is 2.24. The summed E-state index contributed by atoms with van der Waals surface area (Å²) >= 11 is 5.94. The Bertz CT molecular complexity index is 1030. The van der Waals surface area contributed by atoms with Crippen molar-refractivity contribution in [3.8, 4) is 6.07 Å². The van der Waals surface area contributed by atoms with E-state index in [-0.39, 0.29) is 5.02 Å². The molecule has 1 N–H and O–H groups in total. The Labute approximate surface area is 170 Å². The van der Waals surface area contributed by atoms with Gasteiger partial charge in [-0.15, -0.1) is 5.10 Å². The monoisotopic (exact) mass is 410 g/mol. The molecule has 0 saturated heterocycles. The fourth-order valence-corrected chi connectivity index (χ4v) is 2.77. The van der Waals surface area contributed by atoms with Crippen LogP contribution in [0.1, 0.15) is 17.2 Å². The molecular formula is C19H15ClN6O3. The summed E-state index contributed by atoms with van der Waals surface area (Å²) in [5, 5.41) is 22.5. The number of ether oxygens (including phenoxy) is 1. The number of benzene rings is 2. The SMILES string of the molecule is N#Cc1ccc(NC(=O)COC(=O)[C@H](Cc2ccccc2)n2cnnn2)cc1Cl. The lowest BCUT2D eigenvalue weighted by atomic mass is 10.1. The zero-order valence-electron chi connectivity index (χ0n) is 15.0. The predicted molar refractivity (Wildman–Crippen MR) is 103 cm³/mol. The van der Waals surface area contributed by atoms with E-state index in [1.807, 2.05) is 36.4 Å². The molecule has 0 aliphatic heterocycles. The molecule has 1 atom stereocenters. The number of nitriles is 1. The topological polar surface area (TPSA) is 123 Å². The second-order valence-electron chi connectivity index (χ2n) is 5.96. The number of hydrogen-bond donors (Lipinski definition) is 1. The molecule has 1 heterocycles. The van der Waals surface area contributed by atoms with Gasteiger partial charge >= 0.3 is 5.97 Å². The maximum absolute atomic E-state index is 12.6. The van der Waals surface area contributed by atoms with Gasteiger partial charge in [0.2, 0.25) is 0 Å². The third kappa shape index (κ3) is 5.37. The van der Waals surface area contributed by atoms with Crippen molar-refractivity contribution in [2.45, 2.75) is 12.5 Å². The van der Waals surface area contributed by atoms with Crippen LogP contribution in [0, 0.1) is 11.3 Å². The van der Waals surface area contributed by atoms with E-state index in [4.69, 9.17) is 21.6 Å². The third-order valence-corrected chi connectivity index (χ3v) is 4.26. The van der Waals surface area contributed by atoms with Gasteiger partial charge in [0, 0.05) is 12.1 Å². The van der Waals surface area contributed by atoms with Crippen molar-refractivity contribution < 1.29 is 14.3 Å². The minimum atomic E-state index is -0.815. The molecule has 3 rings (SSSR count). The second-order valence-corrected chi connectivity index (χ2v) is 6.36. The molecule has 29 heavy (non-hydrogen) atoms. The number of esters is 1. The standard InChI is InChI=1S/C19H15ClN6O3/c20-16-9-15(7-6-14(16)10-21)23-18(27)11-29-19(28)17(26-12-22-24-25-26)8-13-4-2-1-3-5-13/h1-7,9,12,17H,8,11H2,(H,23,27)/t17-/m0/s1. The van der Waals surface area contributed by atoms with Crippen LogP contribution in [0.3, 0.4) is 0 Å². The summed E-state index contributed by atoms with van der Waals surface area (Å²) in [7, 11) is 0. The van der Waals surface area contributed by atoms with E-state index in [2.05, 4.69) is 20.8 Å². The molecule has 0 fully saturated rings. The first-order valence-corrected chi connectivity index (χ1v) is 8.87. The number of carbonyl (C=O) groups is 2. The number of halogens is 1. The van der Waals surface area contributed by atoms with Crippen molar-refractivity contribution in [1.29, 1.82) is 5.26 Å². The van der Waals surface area contributed by atoms with E-state index in [0.717, 1.165) is 5.56 Å². The first-order chi connectivity index (χ1) is 14.1. The predicted octanol–water partition coefficient (Wildman–Crippen LogP) is 2.16. The molecule has 1 amide bonds. The highest BCUT2D eigenvalue weighted by atomic mass is 35.5. The van der Waals surface area contributed by atoms with Crippen LogP contribution in [0.25, 0.3) is 0 Å². The molecule has 146 valence electrons. The molecule has 1 aromatic heterocycles. The summed E-state index contributed by atoms with van der Waals surface area (Å²) in [6.07, 6.45) is 1.62. The number of carbonyl (C=O) groups excluding carboxylic acids is 2. The van der Waals surface area contributed by atoms with Gasteiger partial charge in [-0.1, -0.05) is 41.9 Å². The minimum Gasteiger partial charge on any atom is -0.454 e. The maximum Gasteiger partial charge on any atom is 0.331 e. The van der Waals surface area contributed by atoms with Gasteiger partial charge < -0.3 is 10.1 Å². The van der Waals surface area contributed by atoms with E-state index in [1.54, 1.807) is 0 Å². The van der Waals surface area contributed by atoms with Gasteiger partial charge in [-0.25, -0.2) is 9.48 Å². The molecule has 3 aromatic rings. The first kappa shape index (κ1) is 20.0. The Kier molecular flexibility index (Phi) is 6.50. The molecule has 0 aliphatic carbocycles. The zero-order valence-corrected chi connectivity index (χ0v) is 15.8. The number of aromatic nitrogens is 4. The lowest BCUT2D eigenvalue weighted by Crippen LogP contribution is -2.28. The van der Waals surface area contributed by atoms with Crippen molar-refractivity contribution in [3.05, 3.63) is 71.0 Å².